The summed E-state index contributed by atoms with van der Waals surface area (Å²) < 4.78 is 3.82. The zero-order valence-electron chi connectivity index (χ0n) is 11.2. The molecule has 1 aromatic carbocycles. The normalized spacial score (nSPS) is 10.3. The average Bonchev–Trinajstić information content (AvgIpc) is 2.90. The van der Waals surface area contributed by atoms with Crippen LogP contribution in [0, 0.1) is 6.92 Å². The van der Waals surface area contributed by atoms with Crippen LogP contribution in [0.4, 0.5) is 5.69 Å². The Bertz CT molecular complexity index is 566. The standard InChI is InChI=1S/C13H16N4OS/c1-9-4-5-10(13(18)17(2)3)6-12(9)14-7-11-8-19-16-15-11/h4-6,8,14H,7H2,1-3H3. The van der Waals surface area contributed by atoms with E-state index in [1.54, 1.807) is 19.0 Å². The number of anilines is 1. The van der Waals surface area contributed by atoms with Gasteiger partial charge >= 0.3 is 0 Å². The maximum atomic E-state index is 11.9. The molecule has 0 unspecified atom stereocenters. The molecule has 6 heteroatoms. The molecule has 1 aromatic heterocycles. The quantitative estimate of drug-likeness (QED) is 0.929. The lowest BCUT2D eigenvalue weighted by molar-refractivity contribution is 0.0827. The molecule has 0 saturated heterocycles. The van der Waals surface area contributed by atoms with Gasteiger partial charge in [0.05, 0.1) is 12.2 Å². The van der Waals surface area contributed by atoms with Crippen molar-refractivity contribution in [2.24, 2.45) is 0 Å². The fourth-order valence-corrected chi connectivity index (χ4v) is 2.10. The lowest BCUT2D eigenvalue weighted by Gasteiger charge is -2.13. The molecular weight excluding hydrogens is 260 g/mol. The van der Waals surface area contributed by atoms with Crippen LogP contribution in [0.1, 0.15) is 21.6 Å². The Hall–Kier alpha value is -1.95. The van der Waals surface area contributed by atoms with E-state index in [2.05, 4.69) is 14.9 Å². The highest BCUT2D eigenvalue weighted by Gasteiger charge is 2.10. The lowest BCUT2D eigenvalue weighted by atomic mass is 10.1. The number of hydrogen-bond acceptors (Lipinski definition) is 5. The van der Waals surface area contributed by atoms with Crippen LogP contribution in [0.5, 0.6) is 0 Å². The molecule has 0 atom stereocenters. The fourth-order valence-electron chi connectivity index (χ4n) is 1.65. The van der Waals surface area contributed by atoms with Gasteiger partial charge in [0.15, 0.2) is 0 Å². The van der Waals surface area contributed by atoms with Crippen molar-refractivity contribution in [2.75, 3.05) is 19.4 Å². The Kier molecular flexibility index (Phi) is 4.11. The Morgan fingerprint density at radius 2 is 2.21 bits per heavy atom. The maximum Gasteiger partial charge on any atom is 0.253 e. The third-order valence-electron chi connectivity index (χ3n) is 2.76. The molecule has 0 bridgehead atoms. The minimum atomic E-state index is -0.00150. The first-order valence-electron chi connectivity index (χ1n) is 5.90. The number of carbonyl (C=O) groups excluding carboxylic acids is 1. The van der Waals surface area contributed by atoms with Gasteiger partial charge in [-0.3, -0.25) is 4.79 Å². The van der Waals surface area contributed by atoms with Crippen LogP contribution in [-0.4, -0.2) is 34.5 Å². The van der Waals surface area contributed by atoms with E-state index in [9.17, 15) is 4.79 Å². The van der Waals surface area contributed by atoms with Crippen molar-refractivity contribution >= 4 is 23.1 Å². The molecular formula is C13H16N4OS. The topological polar surface area (TPSA) is 58.1 Å². The number of aryl methyl sites for hydroxylation is 1. The number of nitrogens with zero attached hydrogens (tertiary/aromatic N) is 3. The van der Waals surface area contributed by atoms with Crippen molar-refractivity contribution in [1.29, 1.82) is 0 Å². The van der Waals surface area contributed by atoms with Gasteiger partial charge in [0.2, 0.25) is 0 Å². The van der Waals surface area contributed by atoms with Crippen LogP contribution < -0.4 is 5.32 Å². The summed E-state index contributed by atoms with van der Waals surface area (Å²) in [5.74, 6) is -0.00150. The summed E-state index contributed by atoms with van der Waals surface area (Å²) in [6.07, 6.45) is 0. The largest absolute Gasteiger partial charge is 0.379 e. The van der Waals surface area contributed by atoms with Gasteiger partial charge in [-0.1, -0.05) is 10.6 Å². The number of amides is 1. The molecule has 1 heterocycles. The van der Waals surface area contributed by atoms with Crippen LogP contribution >= 0.6 is 11.5 Å². The summed E-state index contributed by atoms with van der Waals surface area (Å²) in [6.45, 7) is 2.61. The fraction of sp³-hybridized carbons (Fsp3) is 0.308. The summed E-state index contributed by atoms with van der Waals surface area (Å²) in [5.41, 5.74) is 3.61. The molecule has 0 spiro atoms. The van der Waals surface area contributed by atoms with E-state index < -0.39 is 0 Å². The van der Waals surface area contributed by atoms with Gasteiger partial charge in [-0.2, -0.15) is 0 Å². The Morgan fingerprint density at radius 3 is 2.84 bits per heavy atom. The van der Waals surface area contributed by atoms with Gasteiger partial charge in [0.1, 0.15) is 0 Å². The van der Waals surface area contributed by atoms with E-state index in [0.717, 1.165) is 16.9 Å². The minimum absolute atomic E-state index is 0.00150. The third-order valence-corrected chi connectivity index (χ3v) is 3.31. The highest BCUT2D eigenvalue weighted by molar-refractivity contribution is 7.03. The van der Waals surface area contributed by atoms with Gasteiger partial charge in [0, 0.05) is 30.7 Å². The molecule has 1 amide bonds. The third kappa shape index (κ3) is 3.29. The van der Waals surface area contributed by atoms with Gasteiger partial charge in [-0.05, 0) is 36.2 Å². The van der Waals surface area contributed by atoms with Crippen molar-refractivity contribution < 1.29 is 4.79 Å². The van der Waals surface area contributed by atoms with Gasteiger partial charge in [-0.15, -0.1) is 5.10 Å². The number of benzene rings is 1. The average molecular weight is 276 g/mol. The Balaban J connectivity index is 2.15. The Morgan fingerprint density at radius 1 is 1.42 bits per heavy atom. The summed E-state index contributed by atoms with van der Waals surface area (Å²) in [6, 6.07) is 5.66. The summed E-state index contributed by atoms with van der Waals surface area (Å²) in [7, 11) is 3.49. The van der Waals surface area contributed by atoms with E-state index >= 15 is 0 Å². The molecule has 100 valence electrons. The van der Waals surface area contributed by atoms with Crippen molar-refractivity contribution in [3.8, 4) is 0 Å². The molecule has 0 aliphatic rings. The molecule has 2 rings (SSSR count). The molecule has 2 aromatic rings. The summed E-state index contributed by atoms with van der Waals surface area (Å²) >= 11 is 1.33. The first-order valence-corrected chi connectivity index (χ1v) is 6.73. The monoisotopic (exact) mass is 276 g/mol. The molecule has 1 N–H and O–H groups in total. The van der Waals surface area contributed by atoms with E-state index in [4.69, 9.17) is 0 Å². The highest BCUT2D eigenvalue weighted by Crippen LogP contribution is 2.18. The van der Waals surface area contributed by atoms with Crippen LogP contribution in [0.2, 0.25) is 0 Å². The second-order valence-electron chi connectivity index (χ2n) is 4.48. The van der Waals surface area contributed by atoms with E-state index in [-0.39, 0.29) is 5.91 Å². The molecule has 5 nitrogen and oxygen atoms in total. The molecule has 0 aliphatic heterocycles. The summed E-state index contributed by atoms with van der Waals surface area (Å²) in [5, 5.41) is 9.16. The van der Waals surface area contributed by atoms with Gasteiger partial charge in [-0.25, -0.2) is 0 Å². The van der Waals surface area contributed by atoms with Crippen LogP contribution in [0.3, 0.4) is 0 Å². The predicted molar refractivity (Wildman–Crippen MR) is 76.4 cm³/mol. The predicted octanol–water partition coefficient (Wildman–Crippen LogP) is 2.16. The second-order valence-corrected chi connectivity index (χ2v) is 5.09. The zero-order valence-corrected chi connectivity index (χ0v) is 12.0. The van der Waals surface area contributed by atoms with E-state index in [0.29, 0.717) is 12.1 Å². The number of nitrogens with one attached hydrogen (secondary N) is 1. The molecule has 19 heavy (non-hydrogen) atoms. The van der Waals surface area contributed by atoms with Gasteiger partial charge in [0.25, 0.3) is 5.91 Å². The van der Waals surface area contributed by atoms with Crippen LogP contribution in [-0.2, 0) is 6.54 Å². The highest BCUT2D eigenvalue weighted by atomic mass is 32.1. The first-order chi connectivity index (χ1) is 9.08. The number of rotatable bonds is 4. The van der Waals surface area contributed by atoms with Crippen molar-refractivity contribution in [1.82, 2.24) is 14.5 Å². The number of hydrogen-bond donors (Lipinski definition) is 1. The van der Waals surface area contributed by atoms with Crippen LogP contribution in [0.15, 0.2) is 23.6 Å². The van der Waals surface area contributed by atoms with E-state index in [1.165, 1.54) is 11.5 Å². The summed E-state index contributed by atoms with van der Waals surface area (Å²) in [4.78, 5) is 13.5. The van der Waals surface area contributed by atoms with Crippen molar-refractivity contribution in [3.63, 3.8) is 0 Å². The van der Waals surface area contributed by atoms with Crippen molar-refractivity contribution in [2.45, 2.75) is 13.5 Å². The van der Waals surface area contributed by atoms with E-state index in [1.807, 2.05) is 30.5 Å². The zero-order chi connectivity index (χ0) is 13.8. The maximum absolute atomic E-state index is 11.9. The molecule has 0 saturated carbocycles. The molecule has 0 radical (unpaired) electrons. The minimum Gasteiger partial charge on any atom is -0.379 e. The van der Waals surface area contributed by atoms with Crippen molar-refractivity contribution in [3.05, 3.63) is 40.4 Å². The lowest BCUT2D eigenvalue weighted by Crippen LogP contribution is -2.21. The molecule has 0 fully saturated rings. The second kappa shape index (κ2) is 5.79. The SMILES string of the molecule is Cc1ccc(C(=O)N(C)C)cc1NCc1csnn1. The smallest absolute Gasteiger partial charge is 0.253 e. The number of carbonyl (C=O) groups is 1. The molecule has 0 aliphatic carbocycles. The number of aromatic nitrogens is 2. The van der Waals surface area contributed by atoms with Gasteiger partial charge < -0.3 is 10.2 Å². The first kappa shape index (κ1) is 13.5. The van der Waals surface area contributed by atoms with Crippen LogP contribution in [0.25, 0.3) is 0 Å². The Labute approximate surface area is 116 Å².